The van der Waals surface area contributed by atoms with E-state index in [0.717, 1.165) is 12.4 Å². The Bertz CT molecular complexity index is 626. The van der Waals surface area contributed by atoms with Gasteiger partial charge in [-0.05, 0) is 18.2 Å². The molecule has 8 heteroatoms. The molecule has 0 aliphatic rings. The molecule has 0 spiro atoms. The number of hydrogen-bond donors (Lipinski definition) is 1. The molecule has 1 aromatic carbocycles. The van der Waals surface area contributed by atoms with E-state index in [1.165, 1.54) is 24.3 Å². The number of hydrogen-bond acceptors (Lipinski definition) is 6. The van der Waals surface area contributed by atoms with Crippen LogP contribution in [-0.2, 0) is 0 Å². The molecule has 0 aliphatic heterocycles. The SMILES string of the molecule is O=C(O)c1cccc(Oc2ncc([N+](=O)[O-])cn2)c1. The van der Waals surface area contributed by atoms with Crippen LogP contribution in [0, 0.1) is 10.1 Å². The number of ether oxygens (including phenoxy) is 1. The highest BCUT2D eigenvalue weighted by Crippen LogP contribution is 2.19. The molecule has 2 rings (SSSR count). The summed E-state index contributed by atoms with van der Waals surface area (Å²) in [4.78, 5) is 27.8. The van der Waals surface area contributed by atoms with Crippen molar-refractivity contribution in [2.75, 3.05) is 0 Å². The van der Waals surface area contributed by atoms with Crippen LogP contribution in [0.2, 0.25) is 0 Å². The molecule has 19 heavy (non-hydrogen) atoms. The van der Waals surface area contributed by atoms with E-state index in [2.05, 4.69) is 9.97 Å². The minimum Gasteiger partial charge on any atom is -0.478 e. The second kappa shape index (κ2) is 5.08. The maximum atomic E-state index is 10.8. The summed E-state index contributed by atoms with van der Waals surface area (Å²) in [7, 11) is 0. The standard InChI is InChI=1S/C11H7N3O5/c15-10(16)7-2-1-3-9(4-7)19-11-12-5-8(6-13-11)14(17)18/h1-6H,(H,15,16). The number of nitro groups is 1. The number of carboxylic acids is 1. The van der Waals surface area contributed by atoms with Gasteiger partial charge in [0.15, 0.2) is 0 Å². The van der Waals surface area contributed by atoms with Crippen LogP contribution in [0.25, 0.3) is 0 Å². The predicted molar refractivity (Wildman–Crippen MR) is 62.2 cm³/mol. The van der Waals surface area contributed by atoms with E-state index >= 15 is 0 Å². The van der Waals surface area contributed by atoms with Crippen molar-refractivity contribution in [3.63, 3.8) is 0 Å². The van der Waals surface area contributed by atoms with E-state index in [4.69, 9.17) is 9.84 Å². The molecule has 0 aliphatic carbocycles. The van der Waals surface area contributed by atoms with Gasteiger partial charge in [-0.3, -0.25) is 10.1 Å². The highest BCUT2D eigenvalue weighted by atomic mass is 16.6. The summed E-state index contributed by atoms with van der Waals surface area (Å²) >= 11 is 0. The van der Waals surface area contributed by atoms with Crippen LogP contribution >= 0.6 is 0 Å². The van der Waals surface area contributed by atoms with Gasteiger partial charge in [-0.15, -0.1) is 0 Å². The molecule has 0 fully saturated rings. The first-order valence-corrected chi connectivity index (χ1v) is 5.04. The molecule has 2 aromatic rings. The Morgan fingerprint density at radius 2 is 2.00 bits per heavy atom. The van der Waals surface area contributed by atoms with E-state index in [9.17, 15) is 14.9 Å². The maximum absolute atomic E-state index is 10.8. The van der Waals surface area contributed by atoms with Crippen LogP contribution < -0.4 is 4.74 Å². The topological polar surface area (TPSA) is 115 Å². The van der Waals surface area contributed by atoms with Crippen molar-refractivity contribution in [1.82, 2.24) is 9.97 Å². The highest BCUT2D eigenvalue weighted by molar-refractivity contribution is 5.88. The monoisotopic (exact) mass is 261 g/mol. The number of rotatable bonds is 4. The van der Waals surface area contributed by atoms with Crippen molar-refractivity contribution in [3.05, 3.63) is 52.3 Å². The molecule has 1 N–H and O–H groups in total. The molecular weight excluding hydrogens is 254 g/mol. The molecule has 0 unspecified atom stereocenters. The molecule has 0 radical (unpaired) electrons. The van der Waals surface area contributed by atoms with Gasteiger partial charge >= 0.3 is 17.7 Å². The van der Waals surface area contributed by atoms with Crippen molar-refractivity contribution in [2.45, 2.75) is 0 Å². The highest BCUT2D eigenvalue weighted by Gasteiger charge is 2.09. The average molecular weight is 261 g/mol. The summed E-state index contributed by atoms with van der Waals surface area (Å²) in [5.41, 5.74) is -0.203. The molecule has 0 amide bonds. The van der Waals surface area contributed by atoms with Crippen LogP contribution in [0.5, 0.6) is 11.8 Å². The summed E-state index contributed by atoms with van der Waals surface area (Å²) in [6.07, 6.45) is 2.01. The summed E-state index contributed by atoms with van der Waals surface area (Å²) in [5, 5.41) is 19.2. The molecule has 0 saturated carbocycles. The summed E-state index contributed by atoms with van der Waals surface area (Å²) in [6, 6.07) is 5.63. The van der Waals surface area contributed by atoms with E-state index < -0.39 is 10.9 Å². The Morgan fingerprint density at radius 1 is 1.32 bits per heavy atom. The number of carbonyl (C=O) groups is 1. The number of carboxylic acid groups (broad SMARTS) is 1. The minimum atomic E-state index is -1.09. The Labute approximate surface area is 106 Å². The van der Waals surface area contributed by atoms with E-state index in [1.807, 2.05) is 0 Å². The Hall–Kier alpha value is -3.03. The summed E-state index contributed by atoms with van der Waals surface area (Å²) < 4.78 is 5.20. The van der Waals surface area contributed by atoms with Gasteiger partial charge in [0.05, 0.1) is 10.5 Å². The van der Waals surface area contributed by atoms with Gasteiger partial charge in [0.25, 0.3) is 0 Å². The predicted octanol–water partition coefficient (Wildman–Crippen LogP) is 1.88. The Kier molecular flexibility index (Phi) is 3.33. The summed E-state index contributed by atoms with van der Waals surface area (Å²) in [6.45, 7) is 0. The first-order chi connectivity index (χ1) is 9.06. The zero-order valence-corrected chi connectivity index (χ0v) is 9.39. The number of benzene rings is 1. The molecular formula is C11H7N3O5. The van der Waals surface area contributed by atoms with Crippen molar-refractivity contribution in [3.8, 4) is 11.8 Å². The lowest BCUT2D eigenvalue weighted by molar-refractivity contribution is -0.385. The van der Waals surface area contributed by atoms with E-state index in [-0.39, 0.29) is 23.0 Å². The quantitative estimate of drug-likeness (QED) is 0.659. The van der Waals surface area contributed by atoms with Gasteiger partial charge in [-0.25, -0.2) is 4.79 Å². The molecule has 96 valence electrons. The largest absolute Gasteiger partial charge is 0.478 e. The van der Waals surface area contributed by atoms with Crippen molar-refractivity contribution >= 4 is 11.7 Å². The van der Waals surface area contributed by atoms with E-state index in [0.29, 0.717) is 0 Å². The van der Waals surface area contributed by atoms with Gasteiger partial charge in [0.1, 0.15) is 18.1 Å². The lowest BCUT2D eigenvalue weighted by atomic mass is 10.2. The fourth-order valence-electron chi connectivity index (χ4n) is 1.25. The maximum Gasteiger partial charge on any atom is 0.335 e. The third-order valence-electron chi connectivity index (χ3n) is 2.12. The van der Waals surface area contributed by atoms with Crippen molar-refractivity contribution < 1.29 is 19.6 Å². The second-order valence-corrected chi connectivity index (χ2v) is 3.42. The van der Waals surface area contributed by atoms with Crippen LogP contribution in [0.1, 0.15) is 10.4 Å². The average Bonchev–Trinajstić information content (AvgIpc) is 2.39. The number of aromatic nitrogens is 2. The Balaban J connectivity index is 2.19. The van der Waals surface area contributed by atoms with Crippen LogP contribution in [-0.4, -0.2) is 26.0 Å². The lowest BCUT2D eigenvalue weighted by Crippen LogP contribution is -1.98. The minimum absolute atomic E-state index is 0.0550. The molecule has 1 heterocycles. The van der Waals surface area contributed by atoms with Crippen molar-refractivity contribution in [1.29, 1.82) is 0 Å². The number of nitrogens with zero attached hydrogens (tertiary/aromatic N) is 3. The molecule has 0 bridgehead atoms. The fourth-order valence-corrected chi connectivity index (χ4v) is 1.25. The van der Waals surface area contributed by atoms with Gasteiger partial charge in [-0.1, -0.05) is 6.07 Å². The van der Waals surface area contributed by atoms with Gasteiger partial charge < -0.3 is 9.84 Å². The second-order valence-electron chi connectivity index (χ2n) is 3.42. The molecule has 0 saturated heterocycles. The fraction of sp³-hybridized carbons (Fsp3) is 0. The molecule has 1 aromatic heterocycles. The van der Waals surface area contributed by atoms with Crippen LogP contribution in [0.4, 0.5) is 5.69 Å². The normalized spacial score (nSPS) is 9.89. The van der Waals surface area contributed by atoms with Crippen LogP contribution in [0.3, 0.4) is 0 Å². The smallest absolute Gasteiger partial charge is 0.335 e. The van der Waals surface area contributed by atoms with E-state index in [1.54, 1.807) is 0 Å². The lowest BCUT2D eigenvalue weighted by Gasteiger charge is -2.03. The molecule has 0 atom stereocenters. The summed E-state index contributed by atoms with van der Waals surface area (Å²) in [5.74, 6) is -0.858. The Morgan fingerprint density at radius 3 is 2.58 bits per heavy atom. The van der Waals surface area contributed by atoms with Crippen LogP contribution in [0.15, 0.2) is 36.7 Å². The number of aromatic carboxylic acids is 1. The zero-order valence-electron chi connectivity index (χ0n) is 9.39. The van der Waals surface area contributed by atoms with Crippen molar-refractivity contribution in [2.24, 2.45) is 0 Å². The zero-order chi connectivity index (χ0) is 13.8. The van der Waals surface area contributed by atoms with Gasteiger partial charge in [-0.2, -0.15) is 9.97 Å². The van der Waals surface area contributed by atoms with Gasteiger partial charge in [0, 0.05) is 0 Å². The third kappa shape index (κ3) is 3.00. The van der Waals surface area contributed by atoms with Gasteiger partial charge in [0.2, 0.25) is 0 Å². The molecule has 8 nitrogen and oxygen atoms in total. The first kappa shape index (κ1) is 12.4. The first-order valence-electron chi connectivity index (χ1n) is 5.04. The third-order valence-corrected chi connectivity index (χ3v) is 2.12.